The molecule has 3 heterocycles. The van der Waals surface area contributed by atoms with Crippen molar-refractivity contribution >= 4 is 40.3 Å². The van der Waals surface area contributed by atoms with Crippen molar-refractivity contribution in [3.63, 3.8) is 0 Å². The largest absolute Gasteiger partial charge is 0.333 e. The molecule has 0 aliphatic carbocycles. The van der Waals surface area contributed by atoms with Gasteiger partial charge >= 0.3 is 6.03 Å². The van der Waals surface area contributed by atoms with Gasteiger partial charge in [0.15, 0.2) is 0 Å². The number of pyridine rings is 1. The number of aromatic nitrogens is 1. The fourth-order valence-electron chi connectivity index (χ4n) is 5.99. The summed E-state index contributed by atoms with van der Waals surface area (Å²) in [5, 5.41) is 7.88. The number of halogens is 1. The first-order valence-electron chi connectivity index (χ1n) is 14.5. The van der Waals surface area contributed by atoms with Crippen molar-refractivity contribution in [2.45, 2.75) is 38.6 Å². The van der Waals surface area contributed by atoms with Crippen LogP contribution in [0.25, 0.3) is 10.9 Å². The number of amides is 4. The topological polar surface area (TPSA) is 89.1 Å². The maximum Gasteiger partial charge on any atom is 0.332 e. The Labute approximate surface area is 255 Å². The second-order valence-electron chi connectivity index (χ2n) is 10.8. The van der Waals surface area contributed by atoms with E-state index >= 15 is 0 Å². The first kappa shape index (κ1) is 28.6. The van der Waals surface area contributed by atoms with Crippen LogP contribution in [-0.4, -0.2) is 68.4 Å². The zero-order valence-corrected chi connectivity index (χ0v) is 24.7. The monoisotopic (exact) mass is 596 g/mol. The maximum absolute atomic E-state index is 14.2. The molecule has 0 radical (unpaired) electrons. The van der Waals surface area contributed by atoms with Crippen LogP contribution in [0.2, 0.25) is 5.02 Å². The summed E-state index contributed by atoms with van der Waals surface area (Å²) in [4.78, 5) is 49.4. The number of nitrogens with one attached hydrogen (secondary N) is 1. The minimum atomic E-state index is -0.838. The number of piperazine rings is 1. The van der Waals surface area contributed by atoms with Crippen molar-refractivity contribution in [1.82, 2.24) is 30.1 Å². The van der Waals surface area contributed by atoms with Gasteiger partial charge in [0.05, 0.1) is 18.6 Å². The lowest BCUT2D eigenvalue weighted by Gasteiger charge is -2.46. The Morgan fingerprint density at radius 3 is 2.49 bits per heavy atom. The number of carbonyl (C=O) groups is 3. The fraction of sp³-hybridized carbons (Fsp3) is 0.273. The molecule has 2 aliphatic heterocycles. The molecule has 2 aliphatic rings. The van der Waals surface area contributed by atoms with Gasteiger partial charge in [0.25, 0.3) is 5.91 Å². The number of rotatable bonds is 8. The number of hydrogen-bond acceptors (Lipinski definition) is 5. The van der Waals surface area contributed by atoms with Crippen LogP contribution in [-0.2, 0) is 22.7 Å². The quantitative estimate of drug-likeness (QED) is 0.310. The molecular weight excluding hydrogens is 564 g/mol. The molecular formula is C33H33ClN6O3. The van der Waals surface area contributed by atoms with E-state index in [2.05, 4.69) is 10.3 Å². The number of urea groups is 1. The van der Waals surface area contributed by atoms with Crippen LogP contribution in [0, 0.1) is 0 Å². The first-order valence-corrected chi connectivity index (χ1v) is 14.9. The van der Waals surface area contributed by atoms with E-state index in [1.54, 1.807) is 21.0 Å². The summed E-state index contributed by atoms with van der Waals surface area (Å²) in [6.45, 7) is 3.19. The lowest BCUT2D eigenvalue weighted by molar-refractivity contribution is -0.158. The van der Waals surface area contributed by atoms with Gasteiger partial charge in [-0.05, 0) is 29.7 Å². The summed E-state index contributed by atoms with van der Waals surface area (Å²) >= 11 is 6.69. The van der Waals surface area contributed by atoms with Crippen LogP contribution in [0.15, 0.2) is 91.1 Å². The summed E-state index contributed by atoms with van der Waals surface area (Å²) < 4.78 is 0. The molecule has 1 N–H and O–H groups in total. The van der Waals surface area contributed by atoms with Crippen molar-refractivity contribution in [2.24, 2.45) is 0 Å². The van der Waals surface area contributed by atoms with E-state index in [0.29, 0.717) is 24.5 Å². The molecule has 4 amide bonds. The standard InChI is InChI=1S/C33H33ClN6O3/c1-2-18-38(33(43)36-19-23-10-5-3-6-11-23)39-22-29(41)40-28(39)21-37(32(42)31(40)25-12-7-4-8-13-25)20-26-27(34)16-15-24-14-9-17-35-30(24)26/h3-17,28,31H,2,18-22H2,1H3,(H,36,43)/t28-,31+/m1/s1. The fourth-order valence-corrected chi connectivity index (χ4v) is 6.20. The van der Waals surface area contributed by atoms with E-state index in [4.69, 9.17) is 11.6 Å². The van der Waals surface area contributed by atoms with Crippen molar-refractivity contribution < 1.29 is 14.4 Å². The molecule has 10 heteroatoms. The molecule has 2 fully saturated rings. The van der Waals surface area contributed by atoms with E-state index in [0.717, 1.165) is 27.6 Å². The molecule has 220 valence electrons. The highest BCUT2D eigenvalue weighted by Gasteiger charge is 2.52. The normalized spacial score (nSPS) is 18.7. The Bertz CT molecular complexity index is 1640. The van der Waals surface area contributed by atoms with Crippen LogP contribution in [0.1, 0.15) is 36.1 Å². The van der Waals surface area contributed by atoms with Crippen LogP contribution < -0.4 is 5.32 Å². The second-order valence-corrected chi connectivity index (χ2v) is 11.2. The lowest BCUT2D eigenvalue weighted by atomic mass is 9.99. The van der Waals surface area contributed by atoms with E-state index in [1.165, 1.54) is 0 Å². The highest BCUT2D eigenvalue weighted by Crippen LogP contribution is 2.37. The number of hydrazine groups is 1. The third kappa shape index (κ3) is 5.66. The van der Waals surface area contributed by atoms with Crippen molar-refractivity contribution in [1.29, 1.82) is 0 Å². The Balaban J connectivity index is 1.35. The lowest BCUT2D eigenvalue weighted by Crippen LogP contribution is -2.62. The van der Waals surface area contributed by atoms with E-state index in [9.17, 15) is 14.4 Å². The summed E-state index contributed by atoms with van der Waals surface area (Å²) in [5.41, 5.74) is 3.17. The van der Waals surface area contributed by atoms with Crippen LogP contribution in [0.5, 0.6) is 0 Å². The predicted octanol–water partition coefficient (Wildman–Crippen LogP) is 4.98. The summed E-state index contributed by atoms with van der Waals surface area (Å²) in [7, 11) is 0. The van der Waals surface area contributed by atoms with Crippen molar-refractivity contribution in [3.8, 4) is 0 Å². The van der Waals surface area contributed by atoms with Gasteiger partial charge in [0.2, 0.25) is 5.91 Å². The van der Waals surface area contributed by atoms with E-state index in [1.807, 2.05) is 96.9 Å². The second kappa shape index (κ2) is 12.4. The molecule has 2 saturated heterocycles. The van der Waals surface area contributed by atoms with Gasteiger partial charge in [-0.25, -0.2) is 4.79 Å². The highest BCUT2D eigenvalue weighted by molar-refractivity contribution is 6.32. The van der Waals surface area contributed by atoms with Gasteiger partial charge in [-0.3, -0.25) is 19.6 Å². The summed E-state index contributed by atoms with van der Waals surface area (Å²) in [6.07, 6.45) is 1.85. The van der Waals surface area contributed by atoms with Gasteiger partial charge in [-0.15, -0.1) is 0 Å². The van der Waals surface area contributed by atoms with Gasteiger partial charge in [0.1, 0.15) is 12.2 Å². The highest BCUT2D eigenvalue weighted by atomic mass is 35.5. The number of benzene rings is 3. The number of hydrogen-bond donors (Lipinski definition) is 1. The molecule has 43 heavy (non-hydrogen) atoms. The van der Waals surface area contributed by atoms with E-state index in [-0.39, 0.29) is 37.5 Å². The zero-order valence-electron chi connectivity index (χ0n) is 23.9. The van der Waals surface area contributed by atoms with Gasteiger partial charge < -0.3 is 15.1 Å². The predicted molar refractivity (Wildman–Crippen MR) is 164 cm³/mol. The number of carbonyl (C=O) groups excluding carboxylic acids is 3. The Kier molecular flexibility index (Phi) is 8.26. The maximum atomic E-state index is 14.2. The molecule has 3 aromatic carbocycles. The summed E-state index contributed by atoms with van der Waals surface area (Å²) in [6, 6.07) is 25.5. The van der Waals surface area contributed by atoms with Gasteiger partial charge in [-0.1, -0.05) is 91.3 Å². The average molecular weight is 597 g/mol. The SMILES string of the molecule is CCCN(C(=O)NCc1ccccc1)N1CC(=O)N2[C@@H](c3ccccc3)C(=O)N(Cc3c(Cl)ccc4cccnc34)C[C@@H]21. The summed E-state index contributed by atoms with van der Waals surface area (Å²) in [5.74, 6) is -0.397. The minimum absolute atomic E-state index is 0.00947. The van der Waals surface area contributed by atoms with Crippen LogP contribution >= 0.6 is 11.6 Å². The molecule has 4 aromatic rings. The molecule has 2 atom stereocenters. The molecule has 0 unspecified atom stereocenters. The van der Waals surface area contributed by atoms with Crippen LogP contribution in [0.4, 0.5) is 4.79 Å². The number of fused-ring (bicyclic) bond motifs is 2. The molecule has 0 bridgehead atoms. The molecule has 9 nitrogen and oxygen atoms in total. The molecule has 0 spiro atoms. The van der Waals surface area contributed by atoms with Crippen LogP contribution in [0.3, 0.4) is 0 Å². The average Bonchev–Trinajstić information content (AvgIpc) is 3.36. The van der Waals surface area contributed by atoms with E-state index < -0.39 is 12.2 Å². The van der Waals surface area contributed by atoms with Crippen molar-refractivity contribution in [3.05, 3.63) is 113 Å². The van der Waals surface area contributed by atoms with Gasteiger partial charge in [0, 0.05) is 41.8 Å². The Hall–Kier alpha value is -4.47. The molecule has 0 saturated carbocycles. The Morgan fingerprint density at radius 1 is 1.00 bits per heavy atom. The van der Waals surface area contributed by atoms with Crippen molar-refractivity contribution in [2.75, 3.05) is 19.6 Å². The molecule has 1 aromatic heterocycles. The smallest absolute Gasteiger partial charge is 0.332 e. The third-order valence-corrected chi connectivity index (χ3v) is 8.36. The third-order valence-electron chi connectivity index (χ3n) is 8.01. The minimum Gasteiger partial charge on any atom is -0.333 e. The first-order chi connectivity index (χ1) is 21.0. The Morgan fingerprint density at radius 2 is 1.74 bits per heavy atom. The molecule has 6 rings (SSSR count). The van der Waals surface area contributed by atoms with Gasteiger partial charge in [-0.2, -0.15) is 5.01 Å². The number of nitrogens with zero attached hydrogens (tertiary/aromatic N) is 5. The zero-order chi connectivity index (χ0) is 29.9.